The van der Waals surface area contributed by atoms with E-state index in [2.05, 4.69) is 10.3 Å². The quantitative estimate of drug-likeness (QED) is 0.796. The van der Waals surface area contributed by atoms with E-state index in [1.165, 1.54) is 6.42 Å². The standard InChI is InChI=1S/C14H16N2O2/c17-12-11(10-6-2-5-9-15-10)13(18)16-14(12)7-3-1-4-8-14/h2,5-6,9,17H,1,3-4,7-8H2,(H,16,18). The number of amides is 1. The largest absolute Gasteiger partial charge is 0.509 e. The van der Waals surface area contributed by atoms with Crippen LogP contribution in [-0.4, -0.2) is 21.5 Å². The van der Waals surface area contributed by atoms with Gasteiger partial charge in [0.05, 0.1) is 11.2 Å². The summed E-state index contributed by atoms with van der Waals surface area (Å²) in [5.74, 6) is -0.0148. The van der Waals surface area contributed by atoms with Crippen molar-refractivity contribution in [3.05, 3.63) is 35.8 Å². The lowest BCUT2D eigenvalue weighted by atomic mass is 9.81. The minimum absolute atomic E-state index is 0.186. The average molecular weight is 244 g/mol. The van der Waals surface area contributed by atoms with Gasteiger partial charge in [0.2, 0.25) is 0 Å². The molecule has 0 saturated heterocycles. The van der Waals surface area contributed by atoms with Crippen molar-refractivity contribution < 1.29 is 9.90 Å². The van der Waals surface area contributed by atoms with Crippen molar-refractivity contribution in [2.24, 2.45) is 0 Å². The Morgan fingerprint density at radius 3 is 2.67 bits per heavy atom. The molecule has 0 unspecified atom stereocenters. The molecule has 4 nitrogen and oxygen atoms in total. The van der Waals surface area contributed by atoms with E-state index >= 15 is 0 Å². The van der Waals surface area contributed by atoms with E-state index in [0.717, 1.165) is 25.7 Å². The van der Waals surface area contributed by atoms with Crippen LogP contribution in [0.3, 0.4) is 0 Å². The zero-order valence-corrected chi connectivity index (χ0v) is 10.1. The molecule has 2 N–H and O–H groups in total. The molecule has 4 heteroatoms. The van der Waals surface area contributed by atoms with Crippen molar-refractivity contribution in [3.8, 4) is 0 Å². The number of aliphatic hydroxyl groups excluding tert-OH is 1. The van der Waals surface area contributed by atoms with Crippen LogP contribution in [-0.2, 0) is 4.79 Å². The van der Waals surface area contributed by atoms with Gasteiger partial charge in [-0.2, -0.15) is 0 Å². The molecule has 1 fully saturated rings. The Hall–Kier alpha value is -1.84. The van der Waals surface area contributed by atoms with Gasteiger partial charge in [-0.15, -0.1) is 0 Å². The zero-order chi connectivity index (χ0) is 12.6. The summed E-state index contributed by atoms with van der Waals surface area (Å²) in [4.78, 5) is 16.3. The van der Waals surface area contributed by atoms with Gasteiger partial charge in [0, 0.05) is 6.20 Å². The van der Waals surface area contributed by atoms with Gasteiger partial charge in [0.1, 0.15) is 11.3 Å². The molecule has 3 rings (SSSR count). The first-order valence-electron chi connectivity index (χ1n) is 6.41. The van der Waals surface area contributed by atoms with Crippen LogP contribution < -0.4 is 5.32 Å². The predicted molar refractivity (Wildman–Crippen MR) is 67.7 cm³/mol. The van der Waals surface area contributed by atoms with Crippen LogP contribution in [0.15, 0.2) is 30.2 Å². The van der Waals surface area contributed by atoms with Gasteiger partial charge < -0.3 is 10.4 Å². The molecule has 1 aromatic heterocycles. The molecule has 1 aliphatic carbocycles. The number of aliphatic hydroxyl groups is 1. The van der Waals surface area contributed by atoms with E-state index < -0.39 is 5.54 Å². The molecule has 0 atom stereocenters. The highest BCUT2D eigenvalue weighted by Gasteiger charge is 2.46. The molecule has 2 heterocycles. The van der Waals surface area contributed by atoms with Crippen LogP contribution in [0.5, 0.6) is 0 Å². The number of hydrogen-bond donors (Lipinski definition) is 2. The maximum absolute atomic E-state index is 12.1. The fourth-order valence-electron chi connectivity index (χ4n) is 2.95. The second-order valence-electron chi connectivity index (χ2n) is 5.04. The zero-order valence-electron chi connectivity index (χ0n) is 10.1. The van der Waals surface area contributed by atoms with Crippen LogP contribution in [0, 0.1) is 0 Å². The number of pyridine rings is 1. The van der Waals surface area contributed by atoms with Crippen molar-refractivity contribution in [1.29, 1.82) is 0 Å². The number of hydrogen-bond acceptors (Lipinski definition) is 3. The number of rotatable bonds is 1. The van der Waals surface area contributed by atoms with E-state index in [9.17, 15) is 9.90 Å². The highest BCUT2D eigenvalue weighted by Crippen LogP contribution is 2.40. The van der Waals surface area contributed by atoms with Gasteiger partial charge in [-0.05, 0) is 25.0 Å². The summed E-state index contributed by atoms with van der Waals surface area (Å²) < 4.78 is 0. The second kappa shape index (κ2) is 4.12. The third-order valence-electron chi connectivity index (χ3n) is 3.90. The van der Waals surface area contributed by atoms with Gasteiger partial charge in [0.15, 0.2) is 0 Å². The number of carbonyl (C=O) groups excluding carboxylic acids is 1. The molecule has 1 aliphatic heterocycles. The minimum Gasteiger partial charge on any atom is -0.509 e. The summed E-state index contributed by atoms with van der Waals surface area (Å²) >= 11 is 0. The molecule has 1 spiro atoms. The normalized spacial score (nSPS) is 22.3. The summed E-state index contributed by atoms with van der Waals surface area (Å²) in [5.41, 5.74) is 0.370. The van der Waals surface area contributed by atoms with Crippen molar-refractivity contribution in [2.45, 2.75) is 37.6 Å². The Morgan fingerprint density at radius 2 is 2.00 bits per heavy atom. The van der Waals surface area contributed by atoms with Gasteiger partial charge in [-0.3, -0.25) is 9.78 Å². The van der Waals surface area contributed by atoms with Crippen molar-refractivity contribution >= 4 is 11.5 Å². The summed E-state index contributed by atoms with van der Waals surface area (Å²) in [7, 11) is 0. The van der Waals surface area contributed by atoms with Crippen molar-refractivity contribution in [2.75, 3.05) is 0 Å². The molecule has 0 aromatic carbocycles. The minimum atomic E-state index is -0.526. The summed E-state index contributed by atoms with van der Waals surface area (Å²) in [6.07, 6.45) is 6.53. The third-order valence-corrected chi connectivity index (χ3v) is 3.90. The SMILES string of the molecule is O=C1NC2(CCCCC2)C(O)=C1c1ccccn1. The van der Waals surface area contributed by atoms with Crippen LogP contribution >= 0.6 is 0 Å². The number of nitrogens with one attached hydrogen (secondary N) is 1. The lowest BCUT2D eigenvalue weighted by Crippen LogP contribution is -2.46. The first-order chi connectivity index (χ1) is 8.73. The molecular weight excluding hydrogens is 228 g/mol. The Kier molecular flexibility index (Phi) is 2.58. The smallest absolute Gasteiger partial charge is 0.257 e. The van der Waals surface area contributed by atoms with Crippen LogP contribution in [0.25, 0.3) is 5.57 Å². The van der Waals surface area contributed by atoms with Gasteiger partial charge in [-0.1, -0.05) is 25.3 Å². The molecule has 0 radical (unpaired) electrons. The van der Waals surface area contributed by atoms with E-state index in [-0.39, 0.29) is 11.7 Å². The molecular formula is C14H16N2O2. The monoisotopic (exact) mass is 244 g/mol. The fourth-order valence-corrected chi connectivity index (χ4v) is 2.95. The fraction of sp³-hybridized carbons (Fsp3) is 0.429. The lowest BCUT2D eigenvalue weighted by molar-refractivity contribution is -0.116. The second-order valence-corrected chi connectivity index (χ2v) is 5.04. The third kappa shape index (κ3) is 1.60. The maximum Gasteiger partial charge on any atom is 0.257 e. The molecule has 1 aromatic rings. The topological polar surface area (TPSA) is 62.2 Å². The average Bonchev–Trinajstić information content (AvgIpc) is 2.63. The molecule has 2 aliphatic rings. The van der Waals surface area contributed by atoms with Crippen molar-refractivity contribution in [1.82, 2.24) is 10.3 Å². The summed E-state index contributed by atoms with van der Waals surface area (Å²) in [6, 6.07) is 5.37. The highest BCUT2D eigenvalue weighted by molar-refractivity contribution is 6.22. The van der Waals surface area contributed by atoms with Crippen LogP contribution in [0.4, 0.5) is 0 Å². The number of carbonyl (C=O) groups is 1. The highest BCUT2D eigenvalue weighted by atomic mass is 16.3. The molecule has 18 heavy (non-hydrogen) atoms. The van der Waals surface area contributed by atoms with E-state index in [1.54, 1.807) is 18.3 Å². The number of nitrogens with zero attached hydrogens (tertiary/aromatic N) is 1. The molecule has 1 amide bonds. The summed E-state index contributed by atoms with van der Waals surface area (Å²) in [5, 5.41) is 13.4. The first kappa shape index (κ1) is 11.3. The first-order valence-corrected chi connectivity index (χ1v) is 6.41. The number of aromatic nitrogens is 1. The van der Waals surface area contributed by atoms with Gasteiger partial charge >= 0.3 is 0 Å². The van der Waals surface area contributed by atoms with Crippen molar-refractivity contribution in [3.63, 3.8) is 0 Å². The Labute approximate surface area is 106 Å². The Morgan fingerprint density at radius 1 is 1.22 bits per heavy atom. The van der Waals surface area contributed by atoms with E-state index in [4.69, 9.17) is 0 Å². The molecule has 1 saturated carbocycles. The molecule has 0 bridgehead atoms. The Balaban J connectivity index is 2.05. The van der Waals surface area contributed by atoms with E-state index in [0.29, 0.717) is 11.3 Å². The van der Waals surface area contributed by atoms with E-state index in [1.807, 2.05) is 6.07 Å². The Bertz CT molecular complexity index is 502. The lowest BCUT2D eigenvalue weighted by Gasteiger charge is -2.33. The molecule has 94 valence electrons. The van der Waals surface area contributed by atoms with Gasteiger partial charge in [-0.25, -0.2) is 0 Å². The predicted octanol–water partition coefficient (Wildman–Crippen LogP) is 2.18. The van der Waals surface area contributed by atoms with Crippen LogP contribution in [0.2, 0.25) is 0 Å². The maximum atomic E-state index is 12.1. The summed E-state index contributed by atoms with van der Waals surface area (Å²) in [6.45, 7) is 0. The van der Waals surface area contributed by atoms with Gasteiger partial charge in [0.25, 0.3) is 5.91 Å². The van der Waals surface area contributed by atoms with Crippen LogP contribution in [0.1, 0.15) is 37.8 Å².